The number of allylic oxidation sites excluding steroid dienone is 1. The number of carbonyl (C=O) groups excluding carboxylic acids is 1. The number of terminal acetylenes is 1. The van der Waals surface area contributed by atoms with Crippen LogP contribution in [0.4, 0.5) is 14.5 Å². The standard InChI is InChI=1S/C31H39F2N7O2.C2H2.CH5N/c1-20-8-9-22-18-34-19-39(27(22)17-20)31-36-13-5-7-25(35-14-6-15-38(3)4)30(37-31)40(21(2)41)26-12-16-42-29-24(33)11-10-23(32)28(26)29;2*1-2/h8-11,13,17,19,26,31,35,37H,5-7,12,14-16,18H2,1-4H3;1-2H;2H2,1H3/b30-25-,36-13-;;/t26-,31?;;/m1../s1. The van der Waals surface area contributed by atoms with Crippen molar-refractivity contribution in [3.05, 3.63) is 70.2 Å². The van der Waals surface area contributed by atoms with Gasteiger partial charge in [-0.05, 0) is 83.2 Å². The molecule has 5 rings (SSSR count). The summed E-state index contributed by atoms with van der Waals surface area (Å²) in [6, 6.07) is 7.58. The van der Waals surface area contributed by atoms with Crippen LogP contribution >= 0.6 is 0 Å². The van der Waals surface area contributed by atoms with Gasteiger partial charge in [-0.3, -0.25) is 24.6 Å². The van der Waals surface area contributed by atoms with E-state index in [0.29, 0.717) is 38.2 Å². The number of fused-ring (bicyclic) bond motifs is 2. The van der Waals surface area contributed by atoms with E-state index in [4.69, 9.17) is 9.73 Å². The van der Waals surface area contributed by atoms with E-state index >= 15 is 4.39 Å². The van der Waals surface area contributed by atoms with E-state index in [0.717, 1.165) is 47.6 Å². The van der Waals surface area contributed by atoms with E-state index in [1.54, 1.807) is 11.2 Å². The van der Waals surface area contributed by atoms with Crippen LogP contribution < -0.4 is 26.0 Å². The van der Waals surface area contributed by atoms with E-state index in [1.807, 2.05) is 32.1 Å². The molecule has 2 aromatic carbocycles. The smallest absolute Gasteiger partial charge is 0.225 e. The zero-order valence-corrected chi connectivity index (χ0v) is 27.4. The molecule has 0 saturated carbocycles. The second kappa shape index (κ2) is 17.3. The topological polar surface area (TPSA) is 111 Å². The fraction of sp³-hybridized carbons (Fsp3) is 0.441. The van der Waals surface area contributed by atoms with E-state index in [1.165, 1.54) is 14.0 Å². The molecule has 3 heterocycles. The van der Waals surface area contributed by atoms with Gasteiger partial charge in [0.05, 0.1) is 42.5 Å². The minimum Gasteiger partial charge on any atom is -0.490 e. The van der Waals surface area contributed by atoms with E-state index in [2.05, 4.69) is 57.3 Å². The predicted octanol–water partition coefficient (Wildman–Crippen LogP) is 4.27. The Bertz CT molecular complexity index is 1460. The van der Waals surface area contributed by atoms with Gasteiger partial charge in [-0.1, -0.05) is 12.1 Å². The number of carbonyl (C=O) groups is 1. The minimum absolute atomic E-state index is 0.0420. The summed E-state index contributed by atoms with van der Waals surface area (Å²) in [6.45, 7) is 5.76. The molecule has 0 aromatic heterocycles. The average Bonchev–Trinajstić information content (AvgIpc) is 3.05. The molecule has 0 fully saturated rings. The van der Waals surface area contributed by atoms with Crippen molar-refractivity contribution in [1.82, 2.24) is 20.4 Å². The van der Waals surface area contributed by atoms with Gasteiger partial charge in [0.2, 0.25) is 12.2 Å². The summed E-state index contributed by atoms with van der Waals surface area (Å²) in [5, 5.41) is 7.08. The first-order valence-electron chi connectivity index (χ1n) is 15.3. The van der Waals surface area contributed by atoms with Crippen LogP contribution in [0, 0.1) is 31.4 Å². The fourth-order valence-corrected chi connectivity index (χ4v) is 5.66. The van der Waals surface area contributed by atoms with Crippen molar-refractivity contribution in [3.8, 4) is 18.6 Å². The number of benzene rings is 2. The van der Waals surface area contributed by atoms with Gasteiger partial charge in [0.25, 0.3) is 0 Å². The molecule has 10 nitrogen and oxygen atoms in total. The zero-order valence-electron chi connectivity index (χ0n) is 27.4. The Morgan fingerprint density at radius 2 is 1.93 bits per heavy atom. The number of anilines is 1. The number of amides is 1. The number of nitrogens with two attached hydrogens (primary N) is 1. The first-order chi connectivity index (χ1) is 22.2. The van der Waals surface area contributed by atoms with Crippen molar-refractivity contribution in [2.75, 3.05) is 45.7 Å². The Morgan fingerprint density at radius 1 is 1.20 bits per heavy atom. The second-order valence-electron chi connectivity index (χ2n) is 11.1. The maximum Gasteiger partial charge on any atom is 0.225 e. The maximum atomic E-state index is 15.3. The fourth-order valence-electron chi connectivity index (χ4n) is 5.66. The summed E-state index contributed by atoms with van der Waals surface area (Å²) < 4.78 is 35.7. The molecule has 3 aliphatic rings. The van der Waals surface area contributed by atoms with Gasteiger partial charge in [0.15, 0.2) is 11.6 Å². The molecule has 1 amide bonds. The number of nitrogens with zero attached hydrogens (tertiary/aromatic N) is 5. The third kappa shape index (κ3) is 8.41. The predicted molar refractivity (Wildman–Crippen MR) is 180 cm³/mol. The van der Waals surface area contributed by atoms with Crippen LogP contribution in [0.25, 0.3) is 0 Å². The highest BCUT2D eigenvalue weighted by Gasteiger charge is 2.38. The van der Waals surface area contributed by atoms with Crippen LogP contribution in [0.2, 0.25) is 0 Å². The minimum atomic E-state index is -0.781. The van der Waals surface area contributed by atoms with Crippen LogP contribution in [-0.2, 0) is 11.3 Å². The summed E-state index contributed by atoms with van der Waals surface area (Å²) in [4.78, 5) is 28.5. The molecule has 12 heteroatoms. The number of rotatable bonds is 8. The molecule has 0 aliphatic carbocycles. The van der Waals surface area contributed by atoms with Crippen LogP contribution in [-0.4, -0.2) is 75.4 Å². The Balaban J connectivity index is 0.00000139. The normalized spacial score (nSPS) is 20.5. The third-order valence-electron chi connectivity index (χ3n) is 7.65. The van der Waals surface area contributed by atoms with Crippen LogP contribution in [0.15, 0.2) is 51.8 Å². The van der Waals surface area contributed by atoms with Crippen molar-refractivity contribution in [1.29, 1.82) is 0 Å². The third-order valence-corrected chi connectivity index (χ3v) is 7.65. The Hall–Kier alpha value is -4.47. The van der Waals surface area contributed by atoms with Gasteiger partial charge in [-0.15, -0.1) is 12.8 Å². The number of aliphatic imine (C=N–C) groups is 2. The molecular formula is C34H46F2N8O2. The molecule has 2 aromatic rings. The average molecular weight is 637 g/mol. The molecule has 1 unspecified atom stereocenters. The Labute approximate surface area is 271 Å². The molecule has 0 saturated heterocycles. The summed E-state index contributed by atoms with van der Waals surface area (Å²) in [6.07, 6.45) is 13.4. The lowest BCUT2D eigenvalue weighted by atomic mass is 9.97. The molecule has 0 bridgehead atoms. The van der Waals surface area contributed by atoms with E-state index in [-0.39, 0.29) is 23.8 Å². The lowest BCUT2D eigenvalue weighted by Gasteiger charge is -2.41. The van der Waals surface area contributed by atoms with Gasteiger partial charge >= 0.3 is 0 Å². The van der Waals surface area contributed by atoms with Crippen LogP contribution in [0.3, 0.4) is 0 Å². The molecule has 46 heavy (non-hydrogen) atoms. The summed E-state index contributed by atoms with van der Waals surface area (Å²) in [5.41, 5.74) is 8.49. The molecule has 248 valence electrons. The van der Waals surface area contributed by atoms with Gasteiger partial charge in [0, 0.05) is 26.1 Å². The number of hydrogen-bond donors (Lipinski definition) is 3. The highest BCUT2D eigenvalue weighted by Crippen LogP contribution is 2.41. The monoisotopic (exact) mass is 636 g/mol. The summed E-state index contributed by atoms with van der Waals surface area (Å²) in [5.74, 6) is -1.23. The van der Waals surface area contributed by atoms with Crippen molar-refractivity contribution in [3.63, 3.8) is 0 Å². The molecule has 4 N–H and O–H groups in total. The first-order valence-corrected chi connectivity index (χ1v) is 15.3. The number of hydrogen-bond acceptors (Lipinski definition) is 9. The number of ether oxygens (including phenoxy) is 1. The maximum absolute atomic E-state index is 15.3. The van der Waals surface area contributed by atoms with E-state index < -0.39 is 24.0 Å². The zero-order chi connectivity index (χ0) is 33.8. The van der Waals surface area contributed by atoms with Gasteiger partial charge in [0.1, 0.15) is 11.6 Å². The molecule has 2 atom stereocenters. The van der Waals surface area contributed by atoms with Crippen molar-refractivity contribution < 1.29 is 18.3 Å². The number of nitrogens with one attached hydrogen (secondary N) is 2. The Kier molecular flexibility index (Phi) is 13.5. The van der Waals surface area contributed by atoms with Crippen molar-refractivity contribution >= 4 is 24.1 Å². The molecule has 0 spiro atoms. The molecule has 3 aliphatic heterocycles. The second-order valence-corrected chi connectivity index (χ2v) is 11.1. The van der Waals surface area contributed by atoms with Crippen LogP contribution in [0.1, 0.15) is 55.3 Å². The number of halogens is 2. The van der Waals surface area contributed by atoms with Crippen molar-refractivity contribution in [2.45, 2.75) is 58.4 Å². The Morgan fingerprint density at radius 3 is 2.65 bits per heavy atom. The van der Waals surface area contributed by atoms with Gasteiger partial charge in [-0.2, -0.15) is 0 Å². The molecular weight excluding hydrogens is 590 g/mol. The quantitative estimate of drug-likeness (QED) is 0.293. The summed E-state index contributed by atoms with van der Waals surface area (Å²) >= 11 is 0. The SMILES string of the molecule is C#C.CC(=O)N(/C1=C(\NCCCN(C)C)CC/C=N\C(N2C=NCc3ccc(C)cc32)N1)[C@@H]1CCOc2c(F)ccc(F)c21.CN. The van der Waals surface area contributed by atoms with Crippen molar-refractivity contribution in [2.24, 2.45) is 15.7 Å². The lowest BCUT2D eigenvalue weighted by Crippen LogP contribution is -2.51. The van der Waals surface area contributed by atoms with Crippen LogP contribution in [0.5, 0.6) is 5.75 Å². The first kappa shape index (κ1) is 36.0. The van der Waals surface area contributed by atoms with Gasteiger partial charge in [-0.25, -0.2) is 8.78 Å². The molecule has 0 radical (unpaired) electrons. The summed E-state index contributed by atoms with van der Waals surface area (Å²) in [7, 11) is 5.55. The largest absolute Gasteiger partial charge is 0.490 e. The lowest BCUT2D eigenvalue weighted by molar-refractivity contribution is -0.130. The van der Waals surface area contributed by atoms with E-state index in [9.17, 15) is 9.18 Å². The highest BCUT2D eigenvalue weighted by molar-refractivity contribution is 5.84. The van der Waals surface area contributed by atoms with Gasteiger partial charge < -0.3 is 26.0 Å². The highest BCUT2D eigenvalue weighted by atomic mass is 19.1. The number of aryl methyl sites for hydroxylation is 1.